The molecule has 12 heavy (non-hydrogen) atoms. The molecule has 0 nitrogen and oxygen atoms in total. The first-order chi connectivity index (χ1) is 5.30. The number of hydrogen-bond acceptors (Lipinski definition) is 0. The molecule has 0 saturated carbocycles. The van der Waals surface area contributed by atoms with Gasteiger partial charge in [-0.3, -0.25) is 0 Å². The Bertz CT molecular complexity index is 172. The Morgan fingerprint density at radius 3 is 2.25 bits per heavy atom. The van der Waals surface area contributed by atoms with Crippen molar-refractivity contribution in [1.82, 2.24) is 0 Å². The van der Waals surface area contributed by atoms with Crippen LogP contribution in [0.2, 0.25) is 0 Å². The fraction of sp³-hybridized carbons (Fsp3) is 0.300. The van der Waals surface area contributed by atoms with Crippen molar-refractivity contribution >= 4 is 22.6 Å². The van der Waals surface area contributed by atoms with Crippen molar-refractivity contribution in [2.75, 3.05) is 0 Å². The van der Waals surface area contributed by atoms with E-state index < -0.39 is 0 Å². The van der Waals surface area contributed by atoms with E-state index >= 15 is 0 Å². The van der Waals surface area contributed by atoms with Crippen molar-refractivity contribution in [3.05, 3.63) is 42.8 Å². The van der Waals surface area contributed by atoms with Gasteiger partial charge >= 0.3 is 0 Å². The van der Waals surface area contributed by atoms with Crippen molar-refractivity contribution in [3.8, 4) is 0 Å². The molecule has 0 aliphatic heterocycles. The maximum Gasteiger partial charge on any atom is 0 e. The molecule has 0 amide bonds. The third-order valence-corrected chi connectivity index (χ3v) is 1.74. The first-order valence-electron chi connectivity index (χ1n) is 3.74. The van der Waals surface area contributed by atoms with Crippen molar-refractivity contribution in [3.63, 3.8) is 0 Å². The SMILES string of the molecule is CC.[CH2-]C(I)c1[c-]cccc1.[Y]. The predicted octanol–water partition coefficient (Wildman–Crippen LogP) is 3.82. The van der Waals surface area contributed by atoms with E-state index in [4.69, 9.17) is 0 Å². The summed E-state index contributed by atoms with van der Waals surface area (Å²) in [6.07, 6.45) is 0. The molecule has 0 aromatic heterocycles. The second-order valence-electron chi connectivity index (χ2n) is 1.79. The van der Waals surface area contributed by atoms with Crippen LogP contribution in [0.15, 0.2) is 24.3 Å². The number of benzene rings is 1. The third kappa shape index (κ3) is 6.56. The molecule has 1 rings (SSSR count). The molecule has 0 aliphatic carbocycles. The molecule has 1 unspecified atom stereocenters. The second-order valence-corrected chi connectivity index (χ2v) is 3.29. The van der Waals surface area contributed by atoms with Gasteiger partial charge in [0.2, 0.25) is 0 Å². The van der Waals surface area contributed by atoms with Crippen molar-refractivity contribution in [2.24, 2.45) is 0 Å². The van der Waals surface area contributed by atoms with Gasteiger partial charge in [-0.2, -0.15) is 35.9 Å². The Labute approximate surface area is 115 Å². The van der Waals surface area contributed by atoms with Gasteiger partial charge in [-0.25, -0.2) is 0 Å². The predicted molar refractivity (Wildman–Crippen MR) is 58.7 cm³/mol. The van der Waals surface area contributed by atoms with Crippen LogP contribution in [0.4, 0.5) is 0 Å². The topological polar surface area (TPSA) is 0 Å². The fourth-order valence-electron chi connectivity index (χ4n) is 0.602. The van der Waals surface area contributed by atoms with Crippen LogP contribution in [-0.2, 0) is 32.7 Å². The molecule has 1 aromatic rings. The van der Waals surface area contributed by atoms with Gasteiger partial charge in [0.1, 0.15) is 0 Å². The number of rotatable bonds is 1. The first kappa shape index (κ1) is 15.5. The van der Waals surface area contributed by atoms with Gasteiger partial charge in [0.15, 0.2) is 0 Å². The Morgan fingerprint density at radius 1 is 1.42 bits per heavy atom. The maximum absolute atomic E-state index is 3.86. The van der Waals surface area contributed by atoms with E-state index in [1.54, 1.807) is 0 Å². The van der Waals surface area contributed by atoms with Crippen LogP contribution in [0, 0.1) is 13.0 Å². The van der Waals surface area contributed by atoms with Crippen molar-refractivity contribution < 1.29 is 32.7 Å². The summed E-state index contributed by atoms with van der Waals surface area (Å²) in [4.78, 5) is 0. The number of hydrogen-bond donors (Lipinski definition) is 0. The summed E-state index contributed by atoms with van der Waals surface area (Å²) >= 11 is 2.27. The van der Waals surface area contributed by atoms with Gasteiger partial charge in [-0.1, -0.05) is 13.8 Å². The van der Waals surface area contributed by atoms with E-state index in [1.165, 1.54) is 0 Å². The van der Waals surface area contributed by atoms with E-state index in [1.807, 2.05) is 38.1 Å². The minimum atomic E-state index is 0. The van der Waals surface area contributed by atoms with Crippen molar-refractivity contribution in [2.45, 2.75) is 17.8 Å². The molecule has 0 spiro atoms. The van der Waals surface area contributed by atoms with Crippen LogP contribution >= 0.6 is 22.6 Å². The monoisotopic (exact) mass is 349 g/mol. The van der Waals surface area contributed by atoms with Gasteiger partial charge < -0.3 is 6.92 Å². The van der Waals surface area contributed by atoms with Gasteiger partial charge in [-0.05, 0) is 0 Å². The maximum atomic E-state index is 3.86. The Balaban J connectivity index is 0. The van der Waals surface area contributed by atoms with E-state index in [-0.39, 0.29) is 32.7 Å². The minimum Gasteiger partial charge on any atom is -0.328 e. The second kappa shape index (κ2) is 10.1. The quantitative estimate of drug-likeness (QED) is 0.411. The summed E-state index contributed by atoms with van der Waals surface area (Å²) in [7, 11) is 0. The van der Waals surface area contributed by atoms with E-state index in [0.717, 1.165) is 5.56 Å². The zero-order chi connectivity index (χ0) is 8.69. The zero-order valence-corrected chi connectivity index (χ0v) is 12.5. The van der Waals surface area contributed by atoms with E-state index in [0.29, 0.717) is 3.92 Å². The van der Waals surface area contributed by atoms with Crippen LogP contribution in [-0.4, -0.2) is 0 Å². The molecule has 1 atom stereocenters. The van der Waals surface area contributed by atoms with Crippen LogP contribution < -0.4 is 0 Å². The molecule has 1 radical (unpaired) electrons. The normalized spacial score (nSPS) is 10.3. The number of halogens is 1. The molecule has 2 heteroatoms. The molecular formula is C10H13IY-2. The van der Waals surface area contributed by atoms with Gasteiger partial charge in [0, 0.05) is 32.7 Å². The summed E-state index contributed by atoms with van der Waals surface area (Å²) < 4.78 is 0.323. The summed E-state index contributed by atoms with van der Waals surface area (Å²) in [6.45, 7) is 7.86. The fourth-order valence-corrected chi connectivity index (χ4v) is 0.989. The summed E-state index contributed by atoms with van der Waals surface area (Å²) in [5.41, 5.74) is 1.16. The first-order valence-corrected chi connectivity index (χ1v) is 4.99. The Kier molecular flexibility index (Phi) is 13.1. The standard InChI is InChI=1S/C8H7I.C2H6.Y/c1-7(9)8-5-3-2-4-6-8;1-2;/h2-5,7H,1H2;1-2H3;/q-2;;. The Morgan fingerprint density at radius 2 is 2.00 bits per heavy atom. The molecule has 1 aromatic carbocycles. The molecule has 0 aliphatic rings. The van der Waals surface area contributed by atoms with Gasteiger partial charge in [0.05, 0.1) is 0 Å². The van der Waals surface area contributed by atoms with Crippen LogP contribution in [0.25, 0.3) is 0 Å². The average molecular weight is 349 g/mol. The molecule has 0 fully saturated rings. The minimum absolute atomic E-state index is 0. The molecular weight excluding hydrogens is 336 g/mol. The zero-order valence-electron chi connectivity index (χ0n) is 7.55. The molecule has 0 N–H and O–H groups in total. The largest absolute Gasteiger partial charge is 0.328 e. The summed E-state index contributed by atoms with van der Waals surface area (Å²) in [6, 6.07) is 11.0. The third-order valence-electron chi connectivity index (χ3n) is 1.07. The van der Waals surface area contributed by atoms with Crippen LogP contribution in [0.3, 0.4) is 0 Å². The smallest absolute Gasteiger partial charge is 0 e. The molecule has 65 valence electrons. The molecule has 0 bridgehead atoms. The van der Waals surface area contributed by atoms with Gasteiger partial charge in [-0.15, -0.1) is 26.5 Å². The average Bonchev–Trinajstić information content (AvgIpc) is 2.10. The number of alkyl halides is 1. The molecule has 0 heterocycles. The van der Waals surface area contributed by atoms with E-state index in [2.05, 4.69) is 35.6 Å². The van der Waals surface area contributed by atoms with Gasteiger partial charge in [0.25, 0.3) is 0 Å². The Hall–Kier alpha value is 1.05. The van der Waals surface area contributed by atoms with Crippen molar-refractivity contribution in [1.29, 1.82) is 0 Å². The molecule has 0 saturated heterocycles. The van der Waals surface area contributed by atoms with E-state index in [9.17, 15) is 0 Å². The summed E-state index contributed by atoms with van der Waals surface area (Å²) in [5, 5.41) is 0. The van der Waals surface area contributed by atoms with Crippen LogP contribution in [0.5, 0.6) is 0 Å². The summed E-state index contributed by atoms with van der Waals surface area (Å²) in [5.74, 6) is 0. The van der Waals surface area contributed by atoms with Crippen LogP contribution in [0.1, 0.15) is 23.3 Å².